The Kier molecular flexibility index (Phi) is 6.32. The zero-order valence-corrected chi connectivity index (χ0v) is 14.6. The van der Waals surface area contributed by atoms with Gasteiger partial charge in [-0.05, 0) is 48.9 Å². The number of amides is 1. The molecule has 0 saturated heterocycles. The van der Waals surface area contributed by atoms with Crippen LogP contribution in [0.2, 0.25) is 5.02 Å². The molecule has 2 aromatic carbocycles. The highest BCUT2D eigenvalue weighted by Crippen LogP contribution is 2.27. The van der Waals surface area contributed by atoms with Crippen LogP contribution in [0, 0.1) is 6.92 Å². The summed E-state index contributed by atoms with van der Waals surface area (Å²) < 4.78 is 15.9. The molecule has 1 N–H and O–H groups in total. The lowest BCUT2D eigenvalue weighted by atomic mass is 10.2. The van der Waals surface area contributed by atoms with Crippen molar-refractivity contribution in [3.05, 3.63) is 52.5 Å². The van der Waals surface area contributed by atoms with Crippen molar-refractivity contribution in [2.45, 2.75) is 6.92 Å². The molecule has 2 rings (SSSR count). The second kappa shape index (κ2) is 8.45. The van der Waals surface area contributed by atoms with Crippen molar-refractivity contribution < 1.29 is 19.0 Å². The van der Waals surface area contributed by atoms with Crippen molar-refractivity contribution in [3.63, 3.8) is 0 Å². The minimum atomic E-state index is -0.202. The average Bonchev–Trinajstić information content (AvgIpc) is 2.60. The van der Waals surface area contributed by atoms with E-state index in [1.54, 1.807) is 37.4 Å². The van der Waals surface area contributed by atoms with Gasteiger partial charge < -0.3 is 19.5 Å². The molecule has 6 heteroatoms. The van der Waals surface area contributed by atoms with Gasteiger partial charge in [0.2, 0.25) is 0 Å². The van der Waals surface area contributed by atoms with E-state index in [1.165, 1.54) is 7.11 Å². The molecule has 0 fully saturated rings. The molecule has 0 atom stereocenters. The number of hydrogen-bond acceptors (Lipinski definition) is 4. The second-order valence-electron chi connectivity index (χ2n) is 5.09. The van der Waals surface area contributed by atoms with Gasteiger partial charge in [-0.25, -0.2) is 0 Å². The van der Waals surface area contributed by atoms with Gasteiger partial charge in [-0.3, -0.25) is 4.79 Å². The second-order valence-corrected chi connectivity index (χ2v) is 5.49. The van der Waals surface area contributed by atoms with Gasteiger partial charge >= 0.3 is 0 Å². The molecule has 0 aliphatic rings. The van der Waals surface area contributed by atoms with Crippen LogP contribution < -0.4 is 19.5 Å². The van der Waals surface area contributed by atoms with Crippen LogP contribution in [0.15, 0.2) is 36.4 Å². The molecule has 2 aromatic rings. The number of benzene rings is 2. The van der Waals surface area contributed by atoms with Gasteiger partial charge in [0.15, 0.2) is 11.5 Å². The van der Waals surface area contributed by atoms with E-state index in [1.807, 2.05) is 13.0 Å². The van der Waals surface area contributed by atoms with Crippen molar-refractivity contribution in [1.29, 1.82) is 0 Å². The Labute approximate surface area is 146 Å². The summed E-state index contributed by atoms with van der Waals surface area (Å²) >= 11 is 5.97. The van der Waals surface area contributed by atoms with Crippen molar-refractivity contribution in [3.8, 4) is 17.2 Å². The maximum absolute atomic E-state index is 12.1. The van der Waals surface area contributed by atoms with Gasteiger partial charge in [0.25, 0.3) is 5.91 Å². The van der Waals surface area contributed by atoms with E-state index >= 15 is 0 Å². The molecule has 0 unspecified atom stereocenters. The maximum Gasteiger partial charge on any atom is 0.251 e. The molecule has 0 aliphatic heterocycles. The number of methoxy groups -OCH3 is 2. The van der Waals surface area contributed by atoms with Gasteiger partial charge in [0.05, 0.1) is 20.8 Å². The molecule has 0 bridgehead atoms. The van der Waals surface area contributed by atoms with Crippen LogP contribution in [0.1, 0.15) is 15.9 Å². The molecule has 0 saturated carbocycles. The summed E-state index contributed by atoms with van der Waals surface area (Å²) in [7, 11) is 3.08. The van der Waals surface area contributed by atoms with Crippen LogP contribution in [-0.2, 0) is 0 Å². The highest BCUT2D eigenvalue weighted by molar-refractivity contribution is 6.31. The molecule has 0 radical (unpaired) electrons. The van der Waals surface area contributed by atoms with Gasteiger partial charge in [0, 0.05) is 10.6 Å². The monoisotopic (exact) mass is 349 g/mol. The summed E-state index contributed by atoms with van der Waals surface area (Å²) in [5.74, 6) is 1.61. The lowest BCUT2D eigenvalue weighted by Crippen LogP contribution is -2.28. The van der Waals surface area contributed by atoms with Gasteiger partial charge in [-0.1, -0.05) is 11.6 Å². The predicted molar refractivity (Wildman–Crippen MR) is 93.6 cm³/mol. The summed E-state index contributed by atoms with van der Waals surface area (Å²) in [4.78, 5) is 12.1. The molecule has 128 valence electrons. The fraction of sp³-hybridized carbons (Fsp3) is 0.278. The Bertz CT molecular complexity index is 718. The van der Waals surface area contributed by atoms with E-state index < -0.39 is 0 Å². The van der Waals surface area contributed by atoms with Gasteiger partial charge in [0.1, 0.15) is 12.4 Å². The van der Waals surface area contributed by atoms with Crippen LogP contribution in [0.4, 0.5) is 0 Å². The first-order chi connectivity index (χ1) is 11.5. The Balaban J connectivity index is 1.85. The van der Waals surface area contributed by atoms with E-state index in [0.717, 1.165) is 11.3 Å². The van der Waals surface area contributed by atoms with Crippen molar-refractivity contribution >= 4 is 17.5 Å². The molecule has 1 amide bonds. The fourth-order valence-electron chi connectivity index (χ4n) is 2.12. The van der Waals surface area contributed by atoms with Crippen LogP contribution in [0.25, 0.3) is 0 Å². The zero-order chi connectivity index (χ0) is 17.5. The first-order valence-electron chi connectivity index (χ1n) is 7.44. The average molecular weight is 350 g/mol. The Morgan fingerprint density at radius 2 is 1.83 bits per heavy atom. The van der Waals surface area contributed by atoms with Gasteiger partial charge in [-0.15, -0.1) is 0 Å². The number of carbonyl (C=O) groups excluding carboxylic acids is 1. The van der Waals surface area contributed by atoms with Crippen LogP contribution >= 0.6 is 11.6 Å². The number of rotatable bonds is 7. The largest absolute Gasteiger partial charge is 0.493 e. The quantitative estimate of drug-likeness (QED) is 0.777. The topological polar surface area (TPSA) is 56.8 Å². The minimum absolute atomic E-state index is 0.202. The summed E-state index contributed by atoms with van der Waals surface area (Å²) in [5.41, 5.74) is 1.44. The molecule has 5 nitrogen and oxygen atoms in total. The van der Waals surface area contributed by atoms with E-state index in [-0.39, 0.29) is 5.91 Å². The highest BCUT2D eigenvalue weighted by Gasteiger charge is 2.10. The SMILES string of the molecule is COc1ccc(C(=O)NCCOc2ccc(Cl)c(C)c2)cc1OC. The Hall–Kier alpha value is -2.40. The normalized spacial score (nSPS) is 10.2. The number of nitrogens with one attached hydrogen (secondary N) is 1. The summed E-state index contributed by atoms with van der Waals surface area (Å²) in [6, 6.07) is 10.5. The number of ether oxygens (including phenoxy) is 3. The molecular weight excluding hydrogens is 330 g/mol. The molecule has 0 aliphatic carbocycles. The van der Waals surface area contributed by atoms with Crippen molar-refractivity contribution in [1.82, 2.24) is 5.32 Å². The summed E-state index contributed by atoms with van der Waals surface area (Å²) in [6.45, 7) is 2.66. The predicted octanol–water partition coefficient (Wildman–Crippen LogP) is 3.47. The Morgan fingerprint density at radius 3 is 2.50 bits per heavy atom. The van der Waals surface area contributed by atoms with Crippen LogP contribution in [0.5, 0.6) is 17.2 Å². The first-order valence-corrected chi connectivity index (χ1v) is 7.82. The third-order valence-electron chi connectivity index (χ3n) is 3.43. The van der Waals surface area contributed by atoms with Crippen molar-refractivity contribution in [2.75, 3.05) is 27.4 Å². The van der Waals surface area contributed by atoms with E-state index in [0.29, 0.717) is 35.2 Å². The lowest BCUT2D eigenvalue weighted by molar-refractivity contribution is 0.0946. The third-order valence-corrected chi connectivity index (χ3v) is 3.86. The van der Waals surface area contributed by atoms with E-state index in [2.05, 4.69) is 5.32 Å². The first kappa shape index (κ1) is 17.9. The summed E-state index contributed by atoms with van der Waals surface area (Å²) in [5, 5.41) is 3.50. The molecule has 0 spiro atoms. The lowest BCUT2D eigenvalue weighted by Gasteiger charge is -2.11. The zero-order valence-electron chi connectivity index (χ0n) is 13.9. The van der Waals surface area contributed by atoms with Crippen LogP contribution in [0.3, 0.4) is 0 Å². The van der Waals surface area contributed by atoms with Gasteiger partial charge in [-0.2, -0.15) is 0 Å². The minimum Gasteiger partial charge on any atom is -0.493 e. The van der Waals surface area contributed by atoms with E-state index in [9.17, 15) is 4.79 Å². The number of halogens is 1. The molecular formula is C18H20ClNO4. The maximum atomic E-state index is 12.1. The summed E-state index contributed by atoms with van der Waals surface area (Å²) in [6.07, 6.45) is 0. The molecule has 0 heterocycles. The Morgan fingerprint density at radius 1 is 1.08 bits per heavy atom. The van der Waals surface area contributed by atoms with Crippen molar-refractivity contribution in [2.24, 2.45) is 0 Å². The molecule has 24 heavy (non-hydrogen) atoms. The number of aryl methyl sites for hydroxylation is 1. The third kappa shape index (κ3) is 4.55. The fourth-order valence-corrected chi connectivity index (χ4v) is 2.24. The number of carbonyl (C=O) groups is 1. The standard InChI is InChI=1S/C18H20ClNO4/c1-12-10-14(5-6-15(12)19)24-9-8-20-18(21)13-4-7-16(22-2)17(11-13)23-3/h4-7,10-11H,8-9H2,1-3H3,(H,20,21). The molecule has 0 aromatic heterocycles. The van der Waals surface area contributed by atoms with E-state index in [4.69, 9.17) is 25.8 Å². The number of hydrogen-bond donors (Lipinski definition) is 1. The van der Waals surface area contributed by atoms with Crippen LogP contribution in [-0.4, -0.2) is 33.3 Å². The smallest absolute Gasteiger partial charge is 0.251 e. The highest BCUT2D eigenvalue weighted by atomic mass is 35.5.